The summed E-state index contributed by atoms with van der Waals surface area (Å²) in [7, 11) is 1.46. The molecule has 2 aliphatic rings. The van der Waals surface area contributed by atoms with E-state index in [4.69, 9.17) is 23.2 Å². The minimum atomic E-state index is -0.397. The van der Waals surface area contributed by atoms with Crippen molar-refractivity contribution in [2.75, 3.05) is 30.4 Å². The van der Waals surface area contributed by atoms with Crippen molar-refractivity contribution in [1.82, 2.24) is 4.90 Å². The molecule has 0 atom stereocenters. The smallest absolute Gasteiger partial charge is 0.277 e. The number of nitrogens with one attached hydrogen (secondary N) is 1. The third kappa shape index (κ3) is 3.85. The molecule has 2 aromatic rings. The number of amides is 2. The van der Waals surface area contributed by atoms with Gasteiger partial charge in [0.15, 0.2) is 0 Å². The van der Waals surface area contributed by atoms with Gasteiger partial charge in [-0.05, 0) is 55.7 Å². The van der Waals surface area contributed by atoms with E-state index in [-0.39, 0.29) is 11.3 Å². The highest BCUT2D eigenvalue weighted by Crippen LogP contribution is 2.35. The molecule has 2 aromatic carbocycles. The summed E-state index contributed by atoms with van der Waals surface area (Å²) in [4.78, 5) is 28.9. The Bertz CT molecular complexity index is 996. The van der Waals surface area contributed by atoms with E-state index in [0.29, 0.717) is 15.6 Å². The van der Waals surface area contributed by atoms with Crippen LogP contribution >= 0.6 is 23.2 Å². The highest BCUT2D eigenvalue weighted by molar-refractivity contribution is 6.41. The fourth-order valence-corrected chi connectivity index (χ4v) is 4.25. The minimum absolute atomic E-state index is 0.215. The fourth-order valence-electron chi connectivity index (χ4n) is 3.75. The second-order valence-electron chi connectivity index (χ2n) is 7.26. The number of nitrogens with zero attached hydrogens (tertiary/aromatic N) is 2. The maximum absolute atomic E-state index is 12.7. The van der Waals surface area contributed by atoms with Gasteiger partial charge in [0.05, 0.1) is 10.6 Å². The Morgan fingerprint density at radius 3 is 2.24 bits per heavy atom. The molecule has 0 spiro atoms. The standard InChI is InChI=1S/C22H21Cl2N3O2/c1-26-21(28)19(17-10-5-14(23)13-18(17)24)20(22(26)29)25-15-6-8-16(9-7-15)27-11-3-2-4-12-27/h5-10,13,25H,2-4,11-12H2,1H3. The summed E-state index contributed by atoms with van der Waals surface area (Å²) < 4.78 is 0. The van der Waals surface area contributed by atoms with Crippen LogP contribution in [0, 0.1) is 0 Å². The quantitative estimate of drug-likeness (QED) is 0.708. The first kappa shape index (κ1) is 19.8. The molecule has 29 heavy (non-hydrogen) atoms. The lowest BCUT2D eigenvalue weighted by atomic mass is 10.0. The van der Waals surface area contributed by atoms with Crippen LogP contribution < -0.4 is 10.2 Å². The predicted molar refractivity (Wildman–Crippen MR) is 117 cm³/mol. The van der Waals surface area contributed by atoms with Crippen LogP contribution in [0.15, 0.2) is 48.2 Å². The van der Waals surface area contributed by atoms with Gasteiger partial charge in [-0.2, -0.15) is 0 Å². The average Bonchev–Trinajstić information content (AvgIpc) is 2.93. The van der Waals surface area contributed by atoms with Crippen LogP contribution in [0.1, 0.15) is 24.8 Å². The molecule has 0 bridgehead atoms. The first-order valence-corrected chi connectivity index (χ1v) is 10.4. The molecule has 1 fully saturated rings. The van der Waals surface area contributed by atoms with Crippen molar-refractivity contribution in [2.45, 2.75) is 19.3 Å². The van der Waals surface area contributed by atoms with Crippen molar-refractivity contribution in [2.24, 2.45) is 0 Å². The van der Waals surface area contributed by atoms with Gasteiger partial charge in [0.1, 0.15) is 5.70 Å². The first-order chi connectivity index (χ1) is 14.0. The molecule has 0 unspecified atom stereocenters. The van der Waals surface area contributed by atoms with E-state index in [1.54, 1.807) is 18.2 Å². The van der Waals surface area contributed by atoms with Crippen LogP contribution in [0.3, 0.4) is 0 Å². The summed E-state index contributed by atoms with van der Waals surface area (Å²) in [6, 6.07) is 12.8. The van der Waals surface area contributed by atoms with Crippen LogP contribution in [0.4, 0.5) is 11.4 Å². The molecule has 2 aliphatic heterocycles. The zero-order chi connectivity index (χ0) is 20.5. The SMILES string of the molecule is CN1C(=O)C(Nc2ccc(N3CCCCC3)cc2)=C(c2ccc(Cl)cc2Cl)C1=O. The number of hydrogen-bond donors (Lipinski definition) is 1. The van der Waals surface area contributed by atoms with Gasteiger partial charge >= 0.3 is 0 Å². The van der Waals surface area contributed by atoms with E-state index in [2.05, 4.69) is 10.2 Å². The summed E-state index contributed by atoms with van der Waals surface area (Å²) in [5, 5.41) is 3.92. The molecule has 0 saturated carbocycles. The van der Waals surface area contributed by atoms with Gasteiger partial charge in [0, 0.05) is 42.1 Å². The van der Waals surface area contributed by atoms with Crippen molar-refractivity contribution in [3.63, 3.8) is 0 Å². The number of anilines is 2. The number of benzene rings is 2. The molecule has 1 saturated heterocycles. The lowest BCUT2D eigenvalue weighted by Crippen LogP contribution is -2.29. The van der Waals surface area contributed by atoms with E-state index in [1.165, 1.54) is 26.3 Å². The number of piperidine rings is 1. The monoisotopic (exact) mass is 429 g/mol. The van der Waals surface area contributed by atoms with E-state index in [0.717, 1.165) is 29.4 Å². The normalized spacial score (nSPS) is 17.3. The van der Waals surface area contributed by atoms with Gasteiger partial charge in [-0.3, -0.25) is 14.5 Å². The van der Waals surface area contributed by atoms with Crippen molar-refractivity contribution in [1.29, 1.82) is 0 Å². The lowest BCUT2D eigenvalue weighted by Gasteiger charge is -2.28. The molecule has 0 radical (unpaired) electrons. The highest BCUT2D eigenvalue weighted by Gasteiger charge is 2.37. The maximum Gasteiger partial charge on any atom is 0.277 e. The number of hydrogen-bond acceptors (Lipinski definition) is 4. The van der Waals surface area contributed by atoms with E-state index in [1.807, 2.05) is 24.3 Å². The van der Waals surface area contributed by atoms with Gasteiger partial charge in [-0.25, -0.2) is 0 Å². The summed E-state index contributed by atoms with van der Waals surface area (Å²) >= 11 is 12.3. The number of carbonyl (C=O) groups is 2. The van der Waals surface area contributed by atoms with E-state index < -0.39 is 11.8 Å². The third-order valence-corrected chi connectivity index (χ3v) is 5.89. The molecule has 5 nitrogen and oxygen atoms in total. The summed E-state index contributed by atoms with van der Waals surface area (Å²) in [5.74, 6) is -0.789. The highest BCUT2D eigenvalue weighted by atomic mass is 35.5. The number of halogens is 2. The van der Waals surface area contributed by atoms with Crippen LogP contribution in [0.2, 0.25) is 10.0 Å². The Balaban J connectivity index is 1.66. The van der Waals surface area contributed by atoms with Gasteiger partial charge in [-0.15, -0.1) is 0 Å². The molecule has 7 heteroatoms. The molecule has 150 valence electrons. The average molecular weight is 430 g/mol. The van der Waals surface area contributed by atoms with Gasteiger partial charge < -0.3 is 10.2 Å². The van der Waals surface area contributed by atoms with Gasteiger partial charge in [0.2, 0.25) is 0 Å². The number of imide groups is 1. The third-order valence-electron chi connectivity index (χ3n) is 5.35. The van der Waals surface area contributed by atoms with Crippen molar-refractivity contribution in [3.8, 4) is 0 Å². The minimum Gasteiger partial charge on any atom is -0.372 e. The second-order valence-corrected chi connectivity index (χ2v) is 8.11. The molecule has 4 rings (SSSR count). The second kappa shape index (κ2) is 8.09. The molecule has 0 aliphatic carbocycles. The topological polar surface area (TPSA) is 52.7 Å². The van der Waals surface area contributed by atoms with Crippen molar-refractivity contribution >= 4 is 52.0 Å². The summed E-state index contributed by atoms with van der Waals surface area (Å²) in [5.41, 5.74) is 2.84. The molecular weight excluding hydrogens is 409 g/mol. The van der Waals surface area contributed by atoms with Crippen LogP contribution in [-0.2, 0) is 9.59 Å². The van der Waals surface area contributed by atoms with E-state index >= 15 is 0 Å². The Hall–Kier alpha value is -2.50. The predicted octanol–water partition coefficient (Wildman–Crippen LogP) is 4.81. The Labute approximate surface area is 179 Å². The Kier molecular flexibility index (Phi) is 5.52. The zero-order valence-electron chi connectivity index (χ0n) is 16.0. The molecule has 1 N–H and O–H groups in total. The van der Waals surface area contributed by atoms with Crippen LogP contribution in [-0.4, -0.2) is 36.9 Å². The van der Waals surface area contributed by atoms with Crippen LogP contribution in [0.25, 0.3) is 5.57 Å². The van der Waals surface area contributed by atoms with E-state index in [9.17, 15) is 9.59 Å². The summed E-state index contributed by atoms with van der Waals surface area (Å²) in [6.45, 7) is 2.13. The van der Waals surface area contributed by atoms with Gasteiger partial charge in [-0.1, -0.05) is 29.3 Å². The Morgan fingerprint density at radius 2 is 1.59 bits per heavy atom. The summed E-state index contributed by atoms with van der Waals surface area (Å²) in [6.07, 6.45) is 3.70. The lowest BCUT2D eigenvalue weighted by molar-refractivity contribution is -0.135. The molecule has 2 amide bonds. The largest absolute Gasteiger partial charge is 0.372 e. The van der Waals surface area contributed by atoms with Crippen molar-refractivity contribution < 1.29 is 9.59 Å². The van der Waals surface area contributed by atoms with Crippen molar-refractivity contribution in [3.05, 3.63) is 63.8 Å². The number of likely N-dealkylation sites (N-methyl/N-ethyl adjacent to an activating group) is 1. The number of rotatable bonds is 4. The van der Waals surface area contributed by atoms with Crippen LogP contribution in [0.5, 0.6) is 0 Å². The molecular formula is C22H21Cl2N3O2. The fraction of sp³-hybridized carbons (Fsp3) is 0.273. The van der Waals surface area contributed by atoms with Gasteiger partial charge in [0.25, 0.3) is 11.8 Å². The number of carbonyl (C=O) groups excluding carboxylic acids is 2. The maximum atomic E-state index is 12.7. The first-order valence-electron chi connectivity index (χ1n) is 9.60. The molecule has 0 aromatic heterocycles. The Morgan fingerprint density at radius 1 is 0.897 bits per heavy atom. The molecule has 2 heterocycles. The zero-order valence-corrected chi connectivity index (χ0v) is 17.6.